The fourth-order valence-electron chi connectivity index (χ4n) is 3.13. The van der Waals surface area contributed by atoms with E-state index in [4.69, 9.17) is 0 Å². The van der Waals surface area contributed by atoms with Gasteiger partial charge in [0.1, 0.15) is 5.69 Å². The summed E-state index contributed by atoms with van der Waals surface area (Å²) in [5.74, 6) is 0.655. The first-order valence-electron chi connectivity index (χ1n) is 7.68. The van der Waals surface area contributed by atoms with Gasteiger partial charge in [0.25, 0.3) is 5.91 Å². The van der Waals surface area contributed by atoms with Crippen LogP contribution in [0.15, 0.2) is 18.3 Å². The molecule has 2 heterocycles. The van der Waals surface area contributed by atoms with Gasteiger partial charge in [0.15, 0.2) is 0 Å². The fraction of sp³-hybridized carbons (Fsp3) is 0.625. The first-order valence-corrected chi connectivity index (χ1v) is 7.68. The number of carbonyl (C=O) groups excluding carboxylic acids is 1. The summed E-state index contributed by atoms with van der Waals surface area (Å²) in [6, 6.07) is 4.44. The molecule has 1 saturated heterocycles. The molecular weight excluding hydrogens is 250 g/mol. The van der Waals surface area contributed by atoms with Crippen molar-refractivity contribution in [1.29, 1.82) is 0 Å². The first-order chi connectivity index (χ1) is 9.74. The first kappa shape index (κ1) is 13.6. The van der Waals surface area contributed by atoms with E-state index in [-0.39, 0.29) is 5.91 Å². The molecule has 4 nitrogen and oxygen atoms in total. The molecule has 4 heteroatoms. The van der Waals surface area contributed by atoms with Gasteiger partial charge < -0.3 is 5.32 Å². The topological polar surface area (TPSA) is 45.2 Å². The molecule has 1 unspecified atom stereocenters. The molecule has 1 aromatic heterocycles. The smallest absolute Gasteiger partial charge is 0.269 e. The molecule has 1 amide bonds. The molecule has 20 heavy (non-hydrogen) atoms. The predicted octanol–water partition coefficient (Wildman–Crippen LogP) is 2.38. The van der Waals surface area contributed by atoms with Crippen molar-refractivity contribution in [1.82, 2.24) is 15.2 Å². The second-order valence-electron chi connectivity index (χ2n) is 6.12. The van der Waals surface area contributed by atoms with Gasteiger partial charge >= 0.3 is 0 Å². The van der Waals surface area contributed by atoms with Gasteiger partial charge in [-0.3, -0.25) is 14.7 Å². The number of likely N-dealkylation sites (tertiary alicyclic amines) is 1. The number of rotatable bonds is 4. The predicted molar refractivity (Wildman–Crippen MR) is 78.5 cm³/mol. The highest BCUT2D eigenvalue weighted by atomic mass is 16.1. The summed E-state index contributed by atoms with van der Waals surface area (Å²) < 4.78 is 0. The van der Waals surface area contributed by atoms with Gasteiger partial charge in [0.2, 0.25) is 0 Å². The maximum atomic E-state index is 12.2. The van der Waals surface area contributed by atoms with Gasteiger partial charge in [-0.15, -0.1) is 0 Å². The Labute approximate surface area is 120 Å². The van der Waals surface area contributed by atoms with Crippen LogP contribution in [-0.2, 0) is 0 Å². The third-order valence-electron chi connectivity index (χ3n) is 4.70. The molecule has 0 spiro atoms. The van der Waals surface area contributed by atoms with E-state index in [1.807, 2.05) is 12.1 Å². The molecule has 0 radical (unpaired) electrons. The van der Waals surface area contributed by atoms with Gasteiger partial charge in [0, 0.05) is 18.8 Å². The standard InChI is InChI=1S/C16H23N3O/c1-19-9-3-6-15(19)13-7-8-17-14(10-13)16(20)18-11-12-4-2-5-12/h7-8,10,12,15H,2-6,9,11H2,1H3,(H,18,20). The Balaban J connectivity index is 1.65. The molecule has 0 aromatic carbocycles. The molecule has 1 aliphatic carbocycles. The monoisotopic (exact) mass is 273 g/mol. The largest absolute Gasteiger partial charge is 0.350 e. The van der Waals surface area contributed by atoms with Crippen molar-refractivity contribution in [3.63, 3.8) is 0 Å². The van der Waals surface area contributed by atoms with E-state index in [1.165, 1.54) is 37.7 Å². The lowest BCUT2D eigenvalue weighted by Gasteiger charge is -2.25. The van der Waals surface area contributed by atoms with E-state index in [9.17, 15) is 4.79 Å². The van der Waals surface area contributed by atoms with Gasteiger partial charge in [-0.25, -0.2) is 0 Å². The Bertz CT molecular complexity index is 484. The summed E-state index contributed by atoms with van der Waals surface area (Å²) in [6.07, 6.45) is 7.97. The number of nitrogens with zero attached hydrogens (tertiary/aromatic N) is 2. The SMILES string of the molecule is CN1CCCC1c1ccnc(C(=O)NCC2CCC2)c1. The minimum absolute atomic E-state index is 0.0283. The van der Waals surface area contributed by atoms with Gasteiger partial charge in [0.05, 0.1) is 0 Å². The summed E-state index contributed by atoms with van der Waals surface area (Å²) in [4.78, 5) is 18.7. The Hall–Kier alpha value is -1.42. The number of hydrogen-bond acceptors (Lipinski definition) is 3. The van der Waals surface area contributed by atoms with Crippen molar-refractivity contribution < 1.29 is 4.79 Å². The van der Waals surface area contributed by atoms with Gasteiger partial charge in [-0.2, -0.15) is 0 Å². The van der Waals surface area contributed by atoms with E-state index >= 15 is 0 Å². The van der Waals surface area contributed by atoms with Crippen LogP contribution in [0.4, 0.5) is 0 Å². The van der Waals surface area contributed by atoms with Crippen LogP contribution in [0.1, 0.15) is 54.2 Å². The summed E-state index contributed by atoms with van der Waals surface area (Å²) in [6.45, 7) is 1.93. The second-order valence-corrected chi connectivity index (χ2v) is 6.12. The fourth-order valence-corrected chi connectivity index (χ4v) is 3.13. The number of nitrogens with one attached hydrogen (secondary N) is 1. The number of aromatic nitrogens is 1. The number of carbonyl (C=O) groups is 1. The molecule has 108 valence electrons. The van der Waals surface area contributed by atoms with E-state index in [0.29, 0.717) is 17.7 Å². The summed E-state index contributed by atoms with van der Waals surface area (Å²) in [7, 11) is 2.15. The lowest BCUT2D eigenvalue weighted by Crippen LogP contribution is -2.32. The molecule has 2 aliphatic rings. The van der Waals surface area contributed by atoms with Crippen LogP contribution in [-0.4, -0.2) is 35.9 Å². The van der Waals surface area contributed by atoms with Crippen LogP contribution >= 0.6 is 0 Å². The number of hydrogen-bond donors (Lipinski definition) is 1. The van der Waals surface area contributed by atoms with Crippen LogP contribution in [0.5, 0.6) is 0 Å². The maximum absolute atomic E-state index is 12.2. The minimum Gasteiger partial charge on any atom is -0.350 e. The molecule has 1 aliphatic heterocycles. The van der Waals surface area contributed by atoms with Crippen molar-refractivity contribution >= 4 is 5.91 Å². The molecule has 0 bridgehead atoms. The molecular formula is C16H23N3O. The lowest BCUT2D eigenvalue weighted by atomic mass is 9.85. The zero-order valence-corrected chi connectivity index (χ0v) is 12.1. The van der Waals surface area contributed by atoms with Crippen LogP contribution in [0.2, 0.25) is 0 Å². The summed E-state index contributed by atoms with van der Waals surface area (Å²) in [5.41, 5.74) is 1.77. The number of amides is 1. The zero-order chi connectivity index (χ0) is 13.9. The van der Waals surface area contributed by atoms with Crippen LogP contribution in [0, 0.1) is 5.92 Å². The molecule has 2 fully saturated rings. The van der Waals surface area contributed by atoms with E-state index in [0.717, 1.165) is 13.1 Å². The van der Waals surface area contributed by atoms with Crippen molar-refractivity contribution in [3.8, 4) is 0 Å². The van der Waals surface area contributed by atoms with Crippen molar-refractivity contribution in [2.24, 2.45) is 5.92 Å². The van der Waals surface area contributed by atoms with E-state index in [1.54, 1.807) is 6.20 Å². The molecule has 1 aromatic rings. The van der Waals surface area contributed by atoms with Gasteiger partial charge in [-0.05, 0) is 62.9 Å². The molecule has 1 saturated carbocycles. The third-order valence-corrected chi connectivity index (χ3v) is 4.70. The molecule has 1 N–H and O–H groups in total. The van der Waals surface area contributed by atoms with E-state index < -0.39 is 0 Å². The lowest BCUT2D eigenvalue weighted by molar-refractivity contribution is 0.0934. The highest BCUT2D eigenvalue weighted by molar-refractivity contribution is 5.92. The van der Waals surface area contributed by atoms with Gasteiger partial charge in [-0.1, -0.05) is 6.42 Å². The third kappa shape index (κ3) is 2.85. The quantitative estimate of drug-likeness (QED) is 0.916. The van der Waals surface area contributed by atoms with Crippen molar-refractivity contribution in [3.05, 3.63) is 29.6 Å². The Morgan fingerprint density at radius 2 is 2.25 bits per heavy atom. The van der Waals surface area contributed by atoms with Crippen LogP contribution in [0.3, 0.4) is 0 Å². The van der Waals surface area contributed by atoms with E-state index in [2.05, 4.69) is 22.2 Å². The molecule has 1 atom stereocenters. The van der Waals surface area contributed by atoms with Crippen LogP contribution in [0.25, 0.3) is 0 Å². The average Bonchev–Trinajstić information content (AvgIpc) is 2.83. The van der Waals surface area contributed by atoms with Crippen molar-refractivity contribution in [2.75, 3.05) is 20.1 Å². The summed E-state index contributed by atoms with van der Waals surface area (Å²) in [5, 5.41) is 3.01. The minimum atomic E-state index is -0.0283. The highest BCUT2D eigenvalue weighted by Gasteiger charge is 2.24. The Morgan fingerprint density at radius 3 is 2.90 bits per heavy atom. The Morgan fingerprint density at radius 1 is 1.40 bits per heavy atom. The second kappa shape index (κ2) is 5.92. The average molecular weight is 273 g/mol. The normalized spacial score (nSPS) is 23.6. The number of pyridine rings is 1. The molecule has 3 rings (SSSR count). The Kier molecular flexibility index (Phi) is 4.01. The van der Waals surface area contributed by atoms with Crippen molar-refractivity contribution in [2.45, 2.75) is 38.1 Å². The highest BCUT2D eigenvalue weighted by Crippen LogP contribution is 2.30. The summed E-state index contributed by atoms with van der Waals surface area (Å²) >= 11 is 0. The van der Waals surface area contributed by atoms with Crippen LogP contribution < -0.4 is 5.32 Å². The zero-order valence-electron chi connectivity index (χ0n) is 12.1. The maximum Gasteiger partial charge on any atom is 0.269 e.